The molecule has 2 nitrogen and oxygen atoms in total. The SMILES string of the molecule is CC(C)NCC1CCCN1Cc1ccc(F)c(F)c1. The third kappa shape index (κ3) is 3.98. The van der Waals surface area contributed by atoms with E-state index in [1.54, 1.807) is 6.07 Å². The minimum absolute atomic E-state index is 0.478. The smallest absolute Gasteiger partial charge is 0.159 e. The summed E-state index contributed by atoms with van der Waals surface area (Å²) in [5, 5.41) is 3.45. The average Bonchev–Trinajstić information content (AvgIpc) is 2.79. The van der Waals surface area contributed by atoms with Crippen LogP contribution in [0.3, 0.4) is 0 Å². The number of rotatable bonds is 5. The zero-order valence-electron chi connectivity index (χ0n) is 11.6. The van der Waals surface area contributed by atoms with Crippen LogP contribution >= 0.6 is 0 Å². The van der Waals surface area contributed by atoms with E-state index >= 15 is 0 Å². The molecule has 1 N–H and O–H groups in total. The van der Waals surface area contributed by atoms with Crippen molar-refractivity contribution in [1.82, 2.24) is 10.2 Å². The van der Waals surface area contributed by atoms with Crippen LogP contribution in [0.15, 0.2) is 18.2 Å². The summed E-state index contributed by atoms with van der Waals surface area (Å²) in [6, 6.07) is 5.16. The van der Waals surface area contributed by atoms with Crippen molar-refractivity contribution in [1.29, 1.82) is 0 Å². The fraction of sp³-hybridized carbons (Fsp3) is 0.600. The van der Waals surface area contributed by atoms with E-state index in [4.69, 9.17) is 0 Å². The third-order valence-electron chi connectivity index (χ3n) is 3.63. The van der Waals surface area contributed by atoms with Crippen LogP contribution in [-0.2, 0) is 6.54 Å². The zero-order chi connectivity index (χ0) is 13.8. The highest BCUT2D eigenvalue weighted by atomic mass is 19.2. The second-order valence-electron chi connectivity index (χ2n) is 5.58. The predicted octanol–water partition coefficient (Wildman–Crippen LogP) is 2.93. The van der Waals surface area contributed by atoms with E-state index in [9.17, 15) is 8.78 Å². The first-order chi connectivity index (χ1) is 9.06. The van der Waals surface area contributed by atoms with E-state index in [0.717, 1.165) is 18.7 Å². The second-order valence-corrected chi connectivity index (χ2v) is 5.58. The van der Waals surface area contributed by atoms with Gasteiger partial charge in [0.05, 0.1) is 0 Å². The van der Waals surface area contributed by atoms with E-state index in [1.165, 1.54) is 25.0 Å². The molecular formula is C15H22F2N2. The summed E-state index contributed by atoms with van der Waals surface area (Å²) in [5.74, 6) is -1.53. The molecule has 1 aliphatic rings. The second kappa shape index (κ2) is 6.44. The lowest BCUT2D eigenvalue weighted by molar-refractivity contribution is 0.235. The highest BCUT2D eigenvalue weighted by molar-refractivity contribution is 5.18. The lowest BCUT2D eigenvalue weighted by Gasteiger charge is -2.25. The Balaban J connectivity index is 1.95. The average molecular weight is 268 g/mol. The van der Waals surface area contributed by atoms with Crippen molar-refractivity contribution in [3.63, 3.8) is 0 Å². The van der Waals surface area contributed by atoms with Crippen molar-refractivity contribution in [3.8, 4) is 0 Å². The van der Waals surface area contributed by atoms with Gasteiger partial charge in [0, 0.05) is 25.2 Å². The molecule has 1 aromatic carbocycles. The number of hydrogen-bond acceptors (Lipinski definition) is 2. The first kappa shape index (κ1) is 14.4. The normalized spacial score (nSPS) is 20.4. The van der Waals surface area contributed by atoms with Gasteiger partial charge in [0.15, 0.2) is 11.6 Å². The molecule has 0 amide bonds. The fourth-order valence-corrected chi connectivity index (χ4v) is 2.58. The fourth-order valence-electron chi connectivity index (χ4n) is 2.58. The van der Waals surface area contributed by atoms with Crippen LogP contribution in [0.25, 0.3) is 0 Å². The van der Waals surface area contributed by atoms with Gasteiger partial charge in [0.25, 0.3) is 0 Å². The van der Waals surface area contributed by atoms with Crippen LogP contribution in [0.2, 0.25) is 0 Å². The van der Waals surface area contributed by atoms with Crippen LogP contribution in [0.4, 0.5) is 8.78 Å². The third-order valence-corrected chi connectivity index (χ3v) is 3.63. The molecule has 106 valence electrons. The van der Waals surface area contributed by atoms with Crippen molar-refractivity contribution in [3.05, 3.63) is 35.4 Å². The maximum absolute atomic E-state index is 13.2. The molecule has 1 atom stereocenters. The topological polar surface area (TPSA) is 15.3 Å². The maximum atomic E-state index is 13.2. The molecule has 19 heavy (non-hydrogen) atoms. The van der Waals surface area contributed by atoms with Crippen molar-refractivity contribution in [2.45, 2.75) is 45.3 Å². The van der Waals surface area contributed by atoms with Crippen LogP contribution < -0.4 is 5.32 Å². The Kier molecular flexibility index (Phi) is 4.88. The van der Waals surface area contributed by atoms with E-state index in [0.29, 0.717) is 18.6 Å². The summed E-state index contributed by atoms with van der Waals surface area (Å²) in [7, 11) is 0. The number of halogens is 2. The van der Waals surface area contributed by atoms with Crippen molar-refractivity contribution < 1.29 is 8.78 Å². The molecule has 4 heteroatoms. The molecule has 1 aliphatic heterocycles. The Bertz CT molecular complexity index is 421. The Labute approximate surface area is 113 Å². The summed E-state index contributed by atoms with van der Waals surface area (Å²) in [6.45, 7) is 6.95. The van der Waals surface area contributed by atoms with E-state index < -0.39 is 11.6 Å². The monoisotopic (exact) mass is 268 g/mol. The molecule has 1 unspecified atom stereocenters. The zero-order valence-corrected chi connectivity index (χ0v) is 11.6. The van der Waals surface area contributed by atoms with Gasteiger partial charge in [-0.15, -0.1) is 0 Å². The molecule has 0 radical (unpaired) electrons. The Morgan fingerprint density at radius 3 is 2.79 bits per heavy atom. The maximum Gasteiger partial charge on any atom is 0.159 e. The number of benzene rings is 1. The Hall–Kier alpha value is -1.00. The molecular weight excluding hydrogens is 246 g/mol. The Morgan fingerprint density at radius 1 is 1.32 bits per heavy atom. The van der Waals surface area contributed by atoms with E-state index in [-0.39, 0.29) is 0 Å². The highest BCUT2D eigenvalue weighted by Crippen LogP contribution is 2.20. The van der Waals surface area contributed by atoms with Gasteiger partial charge in [-0.3, -0.25) is 4.90 Å². The molecule has 0 aliphatic carbocycles. The molecule has 1 saturated heterocycles. The van der Waals surface area contributed by atoms with E-state index in [2.05, 4.69) is 24.1 Å². The predicted molar refractivity (Wildman–Crippen MR) is 72.9 cm³/mol. The molecule has 1 heterocycles. The molecule has 0 saturated carbocycles. The van der Waals surface area contributed by atoms with Crippen molar-refractivity contribution in [2.24, 2.45) is 0 Å². The van der Waals surface area contributed by atoms with E-state index in [1.807, 2.05) is 0 Å². The number of nitrogens with zero attached hydrogens (tertiary/aromatic N) is 1. The molecule has 1 aromatic rings. The minimum Gasteiger partial charge on any atom is -0.313 e. The lowest BCUT2D eigenvalue weighted by atomic mass is 10.1. The van der Waals surface area contributed by atoms with Crippen LogP contribution in [0.5, 0.6) is 0 Å². The number of hydrogen-bond donors (Lipinski definition) is 1. The molecule has 0 bridgehead atoms. The van der Waals surface area contributed by atoms with Gasteiger partial charge in [-0.1, -0.05) is 19.9 Å². The Morgan fingerprint density at radius 2 is 2.11 bits per heavy atom. The summed E-state index contributed by atoms with van der Waals surface area (Å²) >= 11 is 0. The molecule has 0 aromatic heterocycles. The molecule has 0 spiro atoms. The highest BCUT2D eigenvalue weighted by Gasteiger charge is 2.24. The largest absolute Gasteiger partial charge is 0.313 e. The molecule has 2 rings (SSSR count). The number of likely N-dealkylation sites (tertiary alicyclic amines) is 1. The lowest BCUT2D eigenvalue weighted by Crippen LogP contribution is -2.39. The summed E-state index contributed by atoms with van der Waals surface area (Å²) in [5.41, 5.74) is 0.843. The summed E-state index contributed by atoms with van der Waals surface area (Å²) < 4.78 is 26.1. The van der Waals surface area contributed by atoms with Crippen LogP contribution in [0.1, 0.15) is 32.3 Å². The standard InChI is InChI=1S/C15H22F2N2/c1-11(2)18-9-13-4-3-7-19(13)10-12-5-6-14(16)15(17)8-12/h5-6,8,11,13,18H,3-4,7,9-10H2,1-2H3. The van der Waals surface area contributed by atoms with Crippen molar-refractivity contribution >= 4 is 0 Å². The van der Waals surface area contributed by atoms with Gasteiger partial charge in [0.1, 0.15) is 0 Å². The van der Waals surface area contributed by atoms with Crippen LogP contribution in [-0.4, -0.2) is 30.1 Å². The van der Waals surface area contributed by atoms with Gasteiger partial charge in [-0.25, -0.2) is 8.78 Å². The van der Waals surface area contributed by atoms with Gasteiger partial charge >= 0.3 is 0 Å². The first-order valence-electron chi connectivity index (χ1n) is 6.97. The first-order valence-corrected chi connectivity index (χ1v) is 6.97. The van der Waals surface area contributed by atoms with Crippen LogP contribution in [0, 0.1) is 11.6 Å². The van der Waals surface area contributed by atoms with Gasteiger partial charge < -0.3 is 5.32 Å². The quantitative estimate of drug-likeness (QED) is 0.883. The number of nitrogens with one attached hydrogen (secondary N) is 1. The summed E-state index contributed by atoms with van der Waals surface area (Å²) in [6.07, 6.45) is 2.34. The molecule has 1 fully saturated rings. The van der Waals surface area contributed by atoms with Crippen molar-refractivity contribution in [2.75, 3.05) is 13.1 Å². The summed E-state index contributed by atoms with van der Waals surface area (Å²) in [4.78, 5) is 2.35. The van der Waals surface area contributed by atoms with Gasteiger partial charge in [-0.2, -0.15) is 0 Å². The minimum atomic E-state index is -0.775. The van der Waals surface area contributed by atoms with Gasteiger partial charge in [-0.05, 0) is 37.1 Å². The van der Waals surface area contributed by atoms with Gasteiger partial charge in [0.2, 0.25) is 0 Å².